The normalized spacial score (nSPS) is 13.1. The molecule has 2 heterocycles. The number of nitrogens with one attached hydrogen (secondary N) is 2. The highest BCUT2D eigenvalue weighted by molar-refractivity contribution is 7.09. The fourth-order valence-corrected chi connectivity index (χ4v) is 3.54. The van der Waals surface area contributed by atoms with E-state index in [2.05, 4.69) is 52.2 Å². The summed E-state index contributed by atoms with van der Waals surface area (Å²) in [5, 5.41) is 17.3. The summed E-state index contributed by atoms with van der Waals surface area (Å²) >= 11 is 1.78. The van der Waals surface area contributed by atoms with Gasteiger partial charge in [0, 0.05) is 31.6 Å². The van der Waals surface area contributed by atoms with Crippen molar-refractivity contribution in [3.8, 4) is 0 Å². The van der Waals surface area contributed by atoms with Crippen LogP contribution in [0.4, 0.5) is 0 Å². The summed E-state index contributed by atoms with van der Waals surface area (Å²) < 4.78 is 7.81. The summed E-state index contributed by atoms with van der Waals surface area (Å²) in [7, 11) is 1.97. The van der Waals surface area contributed by atoms with Crippen molar-refractivity contribution in [2.45, 2.75) is 53.2 Å². The van der Waals surface area contributed by atoms with E-state index in [0.29, 0.717) is 12.5 Å². The maximum Gasteiger partial charge on any atom is 0.191 e. The second-order valence-corrected chi connectivity index (χ2v) is 8.13. The first-order chi connectivity index (χ1) is 13.5. The largest absolute Gasteiger partial charge is 0.378 e. The Morgan fingerprint density at radius 2 is 2.07 bits per heavy atom. The molecule has 28 heavy (non-hydrogen) atoms. The lowest BCUT2D eigenvalue weighted by Gasteiger charge is -2.21. The maximum absolute atomic E-state index is 5.84. The van der Waals surface area contributed by atoms with E-state index in [9.17, 15) is 0 Å². The third kappa shape index (κ3) is 7.24. The molecule has 2 N–H and O–H groups in total. The minimum absolute atomic E-state index is 0.256. The molecule has 0 amide bonds. The lowest BCUT2D eigenvalue weighted by molar-refractivity contribution is 0.0258. The lowest BCUT2D eigenvalue weighted by atomic mass is 10.0. The second kappa shape index (κ2) is 11.8. The topological polar surface area (TPSA) is 76.4 Å². The van der Waals surface area contributed by atoms with Crippen LogP contribution in [0.1, 0.15) is 43.7 Å². The Labute approximate surface area is 172 Å². The Kier molecular flexibility index (Phi) is 9.43. The van der Waals surface area contributed by atoms with E-state index in [0.717, 1.165) is 50.1 Å². The van der Waals surface area contributed by atoms with Crippen molar-refractivity contribution in [1.29, 1.82) is 0 Å². The van der Waals surface area contributed by atoms with Gasteiger partial charge in [-0.1, -0.05) is 19.9 Å². The maximum atomic E-state index is 5.84. The molecule has 0 aliphatic carbocycles. The Balaban J connectivity index is 1.92. The molecule has 2 aromatic rings. The number of hydrogen-bond donors (Lipinski definition) is 2. The highest BCUT2D eigenvalue weighted by atomic mass is 32.1. The Bertz CT molecular complexity index is 710. The molecule has 0 bridgehead atoms. The van der Waals surface area contributed by atoms with E-state index >= 15 is 0 Å². The number of hydrogen-bond acceptors (Lipinski definition) is 5. The average Bonchev–Trinajstić information content (AvgIpc) is 3.29. The van der Waals surface area contributed by atoms with E-state index < -0.39 is 0 Å². The monoisotopic (exact) mass is 406 g/mol. The minimum Gasteiger partial charge on any atom is -0.378 e. The molecule has 8 heteroatoms. The summed E-state index contributed by atoms with van der Waals surface area (Å²) in [5.74, 6) is 3.04. The van der Waals surface area contributed by atoms with Crippen molar-refractivity contribution >= 4 is 17.3 Å². The van der Waals surface area contributed by atoms with E-state index in [-0.39, 0.29) is 6.10 Å². The van der Waals surface area contributed by atoms with Gasteiger partial charge < -0.3 is 19.9 Å². The third-order valence-electron chi connectivity index (χ3n) is 4.65. The summed E-state index contributed by atoms with van der Waals surface area (Å²) in [6, 6.07) is 4.25. The van der Waals surface area contributed by atoms with Gasteiger partial charge in [0.15, 0.2) is 11.8 Å². The Morgan fingerprint density at radius 3 is 2.68 bits per heavy atom. The van der Waals surface area contributed by atoms with Crippen LogP contribution in [0.25, 0.3) is 0 Å². The van der Waals surface area contributed by atoms with Gasteiger partial charge in [0.05, 0.1) is 6.10 Å². The Hall–Kier alpha value is -1.93. The van der Waals surface area contributed by atoms with Crippen LogP contribution in [0.2, 0.25) is 0 Å². The van der Waals surface area contributed by atoms with Crippen molar-refractivity contribution in [3.63, 3.8) is 0 Å². The van der Waals surface area contributed by atoms with Crippen molar-refractivity contribution in [2.24, 2.45) is 18.0 Å². The number of aryl methyl sites for hydroxylation is 1. The summed E-state index contributed by atoms with van der Waals surface area (Å²) in [5.41, 5.74) is 0. The van der Waals surface area contributed by atoms with Crippen LogP contribution in [0.5, 0.6) is 0 Å². The smallest absolute Gasteiger partial charge is 0.191 e. The van der Waals surface area contributed by atoms with Crippen LogP contribution in [-0.4, -0.2) is 46.5 Å². The van der Waals surface area contributed by atoms with Crippen molar-refractivity contribution < 1.29 is 4.74 Å². The molecule has 0 saturated carbocycles. The first kappa shape index (κ1) is 22.4. The highest BCUT2D eigenvalue weighted by Gasteiger charge is 2.13. The van der Waals surface area contributed by atoms with Gasteiger partial charge in [0.25, 0.3) is 0 Å². The van der Waals surface area contributed by atoms with Gasteiger partial charge in [0.1, 0.15) is 12.4 Å². The molecule has 1 unspecified atom stereocenters. The van der Waals surface area contributed by atoms with Crippen LogP contribution in [0, 0.1) is 12.8 Å². The predicted molar refractivity (Wildman–Crippen MR) is 116 cm³/mol. The molecule has 7 nitrogen and oxygen atoms in total. The third-order valence-corrected chi connectivity index (χ3v) is 5.59. The van der Waals surface area contributed by atoms with Gasteiger partial charge in [0.2, 0.25) is 0 Å². The number of thiophene rings is 1. The average molecular weight is 407 g/mol. The van der Waals surface area contributed by atoms with E-state index in [1.54, 1.807) is 11.3 Å². The van der Waals surface area contributed by atoms with Gasteiger partial charge in [-0.2, -0.15) is 0 Å². The summed E-state index contributed by atoms with van der Waals surface area (Å²) in [6.45, 7) is 11.3. The van der Waals surface area contributed by atoms with Crippen LogP contribution < -0.4 is 10.6 Å². The number of guanidine groups is 1. The molecule has 0 radical (unpaired) electrons. The van der Waals surface area contributed by atoms with Crippen LogP contribution >= 0.6 is 11.3 Å². The number of aliphatic imine (C=N–C) groups is 1. The van der Waals surface area contributed by atoms with Gasteiger partial charge in [-0.3, -0.25) is 0 Å². The predicted octanol–water partition coefficient (Wildman–Crippen LogP) is 2.91. The molecule has 0 fully saturated rings. The van der Waals surface area contributed by atoms with Crippen molar-refractivity contribution in [2.75, 3.05) is 19.7 Å². The van der Waals surface area contributed by atoms with Crippen molar-refractivity contribution in [1.82, 2.24) is 25.4 Å². The molecule has 0 aromatic carbocycles. The standard InChI is InChI=1S/C20H34N6OS/c1-6-27-18(15(2)3)10-12-22-20(21-11-9-17-8-7-13-28-17)23-14-19-25-24-16(4)26(19)5/h7-8,13,15,18H,6,9-12,14H2,1-5H3,(H2,21,22,23). The quantitative estimate of drug-likeness (QED) is 0.443. The van der Waals surface area contributed by atoms with Gasteiger partial charge >= 0.3 is 0 Å². The first-order valence-corrected chi connectivity index (χ1v) is 10.9. The van der Waals surface area contributed by atoms with Crippen LogP contribution in [-0.2, 0) is 24.8 Å². The Morgan fingerprint density at radius 1 is 1.29 bits per heavy atom. The summed E-state index contributed by atoms with van der Waals surface area (Å²) in [6.07, 6.45) is 2.18. The zero-order valence-corrected chi connectivity index (χ0v) is 18.6. The minimum atomic E-state index is 0.256. The molecule has 2 aromatic heterocycles. The number of ether oxygens (including phenoxy) is 1. The lowest BCUT2D eigenvalue weighted by Crippen LogP contribution is -2.40. The van der Waals surface area contributed by atoms with E-state index in [4.69, 9.17) is 9.73 Å². The molecule has 2 rings (SSSR count). The van der Waals surface area contributed by atoms with E-state index in [1.807, 2.05) is 25.5 Å². The summed E-state index contributed by atoms with van der Waals surface area (Å²) in [4.78, 5) is 6.08. The highest BCUT2D eigenvalue weighted by Crippen LogP contribution is 2.10. The van der Waals surface area contributed by atoms with Crippen LogP contribution in [0.15, 0.2) is 22.5 Å². The molecule has 156 valence electrons. The SMILES string of the molecule is CCOC(CCNC(=NCc1nnc(C)n1C)NCCc1cccs1)C(C)C. The fourth-order valence-electron chi connectivity index (χ4n) is 2.83. The van der Waals surface area contributed by atoms with Crippen LogP contribution in [0.3, 0.4) is 0 Å². The van der Waals surface area contributed by atoms with Gasteiger partial charge in [-0.05, 0) is 44.1 Å². The molecule has 0 saturated heterocycles. The van der Waals surface area contributed by atoms with Gasteiger partial charge in [-0.15, -0.1) is 21.5 Å². The number of nitrogens with zero attached hydrogens (tertiary/aromatic N) is 4. The molecule has 0 aliphatic heterocycles. The molecular formula is C20H34N6OS. The number of rotatable bonds is 11. The first-order valence-electron chi connectivity index (χ1n) is 10.0. The molecule has 1 atom stereocenters. The number of aromatic nitrogens is 3. The van der Waals surface area contributed by atoms with Gasteiger partial charge in [-0.25, -0.2) is 4.99 Å². The zero-order chi connectivity index (χ0) is 20.4. The molecular weight excluding hydrogens is 372 g/mol. The molecule has 0 spiro atoms. The second-order valence-electron chi connectivity index (χ2n) is 7.10. The molecule has 0 aliphatic rings. The van der Waals surface area contributed by atoms with Crippen molar-refractivity contribution in [3.05, 3.63) is 34.0 Å². The van der Waals surface area contributed by atoms with E-state index in [1.165, 1.54) is 4.88 Å². The zero-order valence-electron chi connectivity index (χ0n) is 17.7. The fraction of sp³-hybridized carbons (Fsp3) is 0.650.